The van der Waals surface area contributed by atoms with Crippen LogP contribution in [-0.4, -0.2) is 60.2 Å². The molecule has 1 rings (SSSR count). The number of rotatable bonds is 7. The minimum Gasteiger partial charge on any atom is -0.332 e. The first-order chi connectivity index (χ1) is 9.75. The Labute approximate surface area is 120 Å². The lowest BCUT2D eigenvalue weighted by atomic mass is 10.2. The first-order valence-electron chi connectivity index (χ1n) is 6.24. The van der Waals surface area contributed by atoms with Crippen LogP contribution in [0, 0.1) is 0 Å². The molecule has 0 aromatic carbocycles. The Bertz CT molecular complexity index is 454. The minimum absolute atomic E-state index is 0.0803. The molecule has 0 unspecified atom stereocenters. The molecule has 0 aliphatic heterocycles. The number of nitrogens with zero attached hydrogens (tertiary/aromatic N) is 3. The summed E-state index contributed by atoms with van der Waals surface area (Å²) in [5.41, 5.74) is 0.495. The van der Waals surface area contributed by atoms with E-state index >= 15 is 0 Å². The van der Waals surface area contributed by atoms with Crippen molar-refractivity contribution >= 4 is 5.91 Å². The number of alkyl halides is 4. The topological polar surface area (TPSA) is 36.4 Å². The number of amides is 1. The summed E-state index contributed by atoms with van der Waals surface area (Å²) in [7, 11) is 3.38. The third kappa shape index (κ3) is 4.96. The number of hydrogen-bond donors (Lipinski definition) is 0. The molecule has 0 atom stereocenters. The van der Waals surface area contributed by atoms with Crippen LogP contribution >= 0.6 is 0 Å². The molecule has 0 bridgehead atoms. The molecule has 4 nitrogen and oxygen atoms in total. The van der Waals surface area contributed by atoms with Gasteiger partial charge in [0.2, 0.25) is 0 Å². The predicted octanol–water partition coefficient (Wildman–Crippen LogP) is 1.87. The monoisotopic (exact) mass is 307 g/mol. The van der Waals surface area contributed by atoms with E-state index in [1.807, 2.05) is 0 Å². The van der Waals surface area contributed by atoms with Gasteiger partial charge < -0.3 is 9.80 Å². The van der Waals surface area contributed by atoms with Crippen molar-refractivity contribution in [1.29, 1.82) is 0 Å². The third-order valence-corrected chi connectivity index (χ3v) is 2.76. The molecule has 1 heterocycles. The van der Waals surface area contributed by atoms with Crippen LogP contribution in [0.1, 0.15) is 5.56 Å². The van der Waals surface area contributed by atoms with E-state index in [4.69, 9.17) is 0 Å². The predicted molar refractivity (Wildman–Crippen MR) is 69.2 cm³/mol. The van der Waals surface area contributed by atoms with Gasteiger partial charge in [0, 0.05) is 32.0 Å². The number of likely N-dealkylation sites (N-methyl/N-ethyl adjacent to an activating group) is 1. The highest BCUT2D eigenvalue weighted by atomic mass is 19.3. The van der Waals surface area contributed by atoms with Crippen molar-refractivity contribution in [1.82, 2.24) is 14.8 Å². The van der Waals surface area contributed by atoms with Crippen LogP contribution < -0.4 is 0 Å². The van der Waals surface area contributed by atoms with Gasteiger partial charge in [-0.1, -0.05) is 6.07 Å². The van der Waals surface area contributed by atoms with Gasteiger partial charge in [-0.3, -0.25) is 9.78 Å². The molecule has 0 saturated heterocycles. The summed E-state index contributed by atoms with van der Waals surface area (Å²) in [5, 5.41) is 0. The molecular formula is C13H17F4N3O. The van der Waals surface area contributed by atoms with Crippen LogP contribution in [-0.2, 0) is 11.3 Å². The second kappa shape index (κ2) is 7.35. The zero-order chi connectivity index (χ0) is 16.0. The lowest BCUT2D eigenvalue weighted by molar-refractivity contribution is -0.181. The first kappa shape index (κ1) is 17.4. The van der Waals surface area contributed by atoms with Crippen LogP contribution in [0.25, 0.3) is 0 Å². The van der Waals surface area contributed by atoms with Crippen molar-refractivity contribution in [3.05, 3.63) is 30.1 Å². The Morgan fingerprint density at radius 3 is 2.48 bits per heavy atom. The van der Waals surface area contributed by atoms with Gasteiger partial charge in [0.15, 0.2) is 0 Å². The van der Waals surface area contributed by atoms with E-state index in [0.29, 0.717) is 5.56 Å². The van der Waals surface area contributed by atoms with E-state index in [1.54, 1.807) is 31.1 Å². The van der Waals surface area contributed by atoms with Crippen LogP contribution in [0.2, 0.25) is 0 Å². The quantitative estimate of drug-likeness (QED) is 0.722. The summed E-state index contributed by atoms with van der Waals surface area (Å²) in [4.78, 5) is 17.9. The lowest BCUT2D eigenvalue weighted by Gasteiger charge is -2.27. The van der Waals surface area contributed by atoms with Gasteiger partial charge in [-0.25, -0.2) is 8.78 Å². The summed E-state index contributed by atoms with van der Waals surface area (Å²) in [6.07, 6.45) is -1.14. The Hall–Kier alpha value is -1.70. The maximum absolute atomic E-state index is 13.2. The van der Waals surface area contributed by atoms with Crippen molar-refractivity contribution in [2.45, 2.75) is 18.9 Å². The van der Waals surface area contributed by atoms with Crippen molar-refractivity contribution in [2.75, 3.05) is 27.2 Å². The van der Waals surface area contributed by atoms with Crippen LogP contribution in [0.4, 0.5) is 17.6 Å². The molecular weight excluding hydrogens is 290 g/mol. The van der Waals surface area contributed by atoms with Gasteiger partial charge >= 0.3 is 12.3 Å². The van der Waals surface area contributed by atoms with Crippen molar-refractivity contribution in [2.24, 2.45) is 0 Å². The van der Waals surface area contributed by atoms with E-state index < -0.39 is 18.3 Å². The Morgan fingerprint density at radius 2 is 2.00 bits per heavy atom. The highest BCUT2D eigenvalue weighted by molar-refractivity contribution is 5.84. The van der Waals surface area contributed by atoms with Crippen molar-refractivity contribution < 1.29 is 22.4 Å². The van der Waals surface area contributed by atoms with Gasteiger partial charge in [-0.05, 0) is 25.7 Å². The summed E-state index contributed by atoms with van der Waals surface area (Å²) >= 11 is 0. The molecule has 0 saturated carbocycles. The second-order valence-corrected chi connectivity index (χ2v) is 4.81. The first-order valence-corrected chi connectivity index (χ1v) is 6.24. The highest BCUT2D eigenvalue weighted by Crippen LogP contribution is 2.26. The molecule has 0 aliphatic rings. The molecule has 21 heavy (non-hydrogen) atoms. The van der Waals surface area contributed by atoms with E-state index in [0.717, 1.165) is 4.90 Å². The molecule has 1 amide bonds. The van der Waals surface area contributed by atoms with E-state index in [2.05, 4.69) is 4.98 Å². The lowest BCUT2D eigenvalue weighted by Crippen LogP contribution is -2.49. The second-order valence-electron chi connectivity index (χ2n) is 4.81. The average Bonchev–Trinajstić information content (AvgIpc) is 2.43. The molecule has 0 N–H and O–H groups in total. The third-order valence-electron chi connectivity index (χ3n) is 2.76. The number of halogens is 4. The Balaban J connectivity index is 2.89. The van der Waals surface area contributed by atoms with Crippen LogP contribution in [0.5, 0.6) is 0 Å². The number of carbonyl (C=O) groups excluding carboxylic acids is 1. The average molecular weight is 307 g/mol. The molecule has 1 aromatic rings. The zero-order valence-electron chi connectivity index (χ0n) is 11.8. The molecule has 0 fully saturated rings. The summed E-state index contributed by atoms with van der Waals surface area (Å²) < 4.78 is 51.2. The SMILES string of the molecule is CN(C)CCN(Cc1cccnc1)C(=O)C(F)(F)C(F)F. The van der Waals surface area contributed by atoms with Crippen LogP contribution in [0.15, 0.2) is 24.5 Å². The van der Waals surface area contributed by atoms with Gasteiger partial charge in [0.25, 0.3) is 5.91 Å². The molecule has 8 heteroatoms. The number of hydrogen-bond acceptors (Lipinski definition) is 3. The number of pyridine rings is 1. The maximum atomic E-state index is 13.2. The number of aromatic nitrogens is 1. The Kier molecular flexibility index (Phi) is 6.07. The maximum Gasteiger partial charge on any atom is 0.383 e. The van der Waals surface area contributed by atoms with Crippen molar-refractivity contribution in [3.63, 3.8) is 0 Å². The molecule has 0 spiro atoms. The van der Waals surface area contributed by atoms with Crippen LogP contribution in [0.3, 0.4) is 0 Å². The van der Waals surface area contributed by atoms with Crippen molar-refractivity contribution in [3.8, 4) is 0 Å². The fourth-order valence-electron chi connectivity index (χ4n) is 1.59. The fourth-order valence-corrected chi connectivity index (χ4v) is 1.59. The zero-order valence-corrected chi connectivity index (χ0v) is 11.8. The van der Waals surface area contributed by atoms with Gasteiger partial charge in [-0.15, -0.1) is 0 Å². The van der Waals surface area contributed by atoms with E-state index in [9.17, 15) is 22.4 Å². The van der Waals surface area contributed by atoms with Gasteiger partial charge in [-0.2, -0.15) is 8.78 Å². The van der Waals surface area contributed by atoms with E-state index in [-0.39, 0.29) is 19.6 Å². The smallest absolute Gasteiger partial charge is 0.332 e. The summed E-state index contributed by atoms with van der Waals surface area (Å²) in [5.74, 6) is -6.56. The standard InChI is InChI=1S/C13H17F4N3O/c1-19(2)6-7-20(9-10-4-3-5-18-8-10)12(21)13(16,17)11(14)15/h3-5,8,11H,6-7,9H2,1-2H3. The van der Waals surface area contributed by atoms with E-state index in [1.165, 1.54) is 12.4 Å². The molecule has 0 aliphatic carbocycles. The number of carbonyl (C=O) groups is 1. The van der Waals surface area contributed by atoms with Gasteiger partial charge in [0.1, 0.15) is 0 Å². The highest BCUT2D eigenvalue weighted by Gasteiger charge is 2.51. The molecule has 1 aromatic heterocycles. The molecule has 0 radical (unpaired) electrons. The fraction of sp³-hybridized carbons (Fsp3) is 0.538. The molecule has 118 valence electrons. The largest absolute Gasteiger partial charge is 0.383 e. The normalized spacial score (nSPS) is 12.0. The Morgan fingerprint density at radius 1 is 1.33 bits per heavy atom. The summed E-state index contributed by atoms with van der Waals surface area (Å²) in [6.45, 7) is 0.0111. The summed E-state index contributed by atoms with van der Waals surface area (Å²) in [6, 6.07) is 3.17. The minimum atomic E-state index is -4.69. The van der Waals surface area contributed by atoms with Gasteiger partial charge in [0.05, 0.1) is 0 Å².